The molecule has 3 N–H and O–H groups in total. The normalized spacial score (nSPS) is 14.1. The van der Waals surface area contributed by atoms with Crippen LogP contribution >= 0.6 is 11.3 Å². The minimum Gasteiger partial charge on any atom is -0.394 e. The largest absolute Gasteiger partial charge is 0.394 e. The molecule has 0 radical (unpaired) electrons. The van der Waals surface area contributed by atoms with Crippen LogP contribution in [0.5, 0.6) is 0 Å². The topological polar surface area (TPSA) is 120 Å². The number of carbonyl (C=O) groups excluding carboxylic acids is 3. The fourth-order valence-electron chi connectivity index (χ4n) is 5.73. The summed E-state index contributed by atoms with van der Waals surface area (Å²) in [5, 5.41) is 23.3. The maximum Gasteiger partial charge on any atom is 0.324 e. The van der Waals surface area contributed by atoms with Gasteiger partial charge < -0.3 is 20.2 Å². The van der Waals surface area contributed by atoms with E-state index in [0.29, 0.717) is 59.4 Å². The Kier molecular flexibility index (Phi) is 10.9. The Hall–Kier alpha value is -4.48. The zero-order valence-corrected chi connectivity index (χ0v) is 27.5. The predicted octanol–water partition coefficient (Wildman–Crippen LogP) is 6.49. The molecule has 3 heterocycles. The summed E-state index contributed by atoms with van der Waals surface area (Å²) in [7, 11) is 0. The molecule has 0 fully saturated rings. The first-order chi connectivity index (χ1) is 22.3. The Labute approximate surface area is 274 Å². The van der Waals surface area contributed by atoms with E-state index < -0.39 is 12.1 Å². The molecule has 242 valence electrons. The summed E-state index contributed by atoms with van der Waals surface area (Å²) in [4.78, 5) is 44.4. The van der Waals surface area contributed by atoms with E-state index >= 15 is 0 Å². The number of hydrogen-bond donors (Lipinski definition) is 3. The molecule has 4 aromatic rings. The monoisotopic (exact) mass is 642 g/mol. The molecule has 0 aliphatic carbocycles. The molecule has 2 aromatic heterocycles. The van der Waals surface area contributed by atoms with Crippen molar-refractivity contribution in [3.8, 4) is 5.69 Å². The Morgan fingerprint density at radius 1 is 0.978 bits per heavy atom. The number of aromatic nitrogens is 2. The second kappa shape index (κ2) is 15.2. The van der Waals surface area contributed by atoms with Crippen molar-refractivity contribution in [1.29, 1.82) is 0 Å². The van der Waals surface area contributed by atoms with Crippen LogP contribution in [-0.2, 0) is 13.0 Å². The van der Waals surface area contributed by atoms with E-state index in [4.69, 9.17) is 5.10 Å². The number of hydrogen-bond acceptors (Lipinski definition) is 6. The van der Waals surface area contributed by atoms with E-state index in [9.17, 15) is 19.5 Å². The number of thiophene rings is 1. The zero-order chi connectivity index (χ0) is 32.6. The Balaban J connectivity index is 1.51. The number of amides is 4. The van der Waals surface area contributed by atoms with Gasteiger partial charge in [-0.2, -0.15) is 5.10 Å². The van der Waals surface area contributed by atoms with E-state index in [2.05, 4.69) is 24.5 Å². The Bertz CT molecular complexity index is 1660. The van der Waals surface area contributed by atoms with E-state index in [0.717, 1.165) is 36.8 Å². The first-order valence-corrected chi connectivity index (χ1v) is 16.8. The third-order valence-corrected chi connectivity index (χ3v) is 9.04. The fourth-order valence-corrected chi connectivity index (χ4v) is 6.35. The van der Waals surface area contributed by atoms with Gasteiger partial charge in [-0.05, 0) is 79.1 Å². The Morgan fingerprint density at radius 3 is 2.39 bits per heavy atom. The van der Waals surface area contributed by atoms with E-state index in [1.807, 2.05) is 47.5 Å². The first-order valence-electron chi connectivity index (χ1n) is 15.9. The van der Waals surface area contributed by atoms with Gasteiger partial charge in [-0.1, -0.05) is 51.0 Å². The lowest BCUT2D eigenvalue weighted by Gasteiger charge is -2.36. The van der Waals surface area contributed by atoms with E-state index in [1.165, 1.54) is 11.3 Å². The highest BCUT2D eigenvalue weighted by molar-refractivity contribution is 7.14. The van der Waals surface area contributed by atoms with Gasteiger partial charge in [0.15, 0.2) is 5.69 Å². The van der Waals surface area contributed by atoms with Crippen molar-refractivity contribution in [3.05, 3.63) is 94.1 Å². The highest BCUT2D eigenvalue weighted by Gasteiger charge is 2.32. The van der Waals surface area contributed by atoms with Crippen LogP contribution in [0.2, 0.25) is 0 Å². The molecule has 0 saturated carbocycles. The van der Waals surface area contributed by atoms with Crippen LogP contribution < -0.4 is 10.6 Å². The van der Waals surface area contributed by atoms with Crippen LogP contribution in [0.25, 0.3) is 5.69 Å². The number of aliphatic hydroxyl groups is 1. The van der Waals surface area contributed by atoms with Gasteiger partial charge in [0, 0.05) is 31.0 Å². The number of nitrogens with zero attached hydrogens (tertiary/aromatic N) is 4. The van der Waals surface area contributed by atoms with Gasteiger partial charge in [-0.15, -0.1) is 11.3 Å². The lowest BCUT2D eigenvalue weighted by atomic mass is 9.93. The molecule has 0 saturated heterocycles. The van der Waals surface area contributed by atoms with Gasteiger partial charge >= 0.3 is 6.03 Å². The highest BCUT2D eigenvalue weighted by Crippen LogP contribution is 2.29. The molecular weight excluding hydrogens is 600 g/mol. The molecule has 1 atom stereocenters. The van der Waals surface area contributed by atoms with Crippen LogP contribution in [-0.4, -0.2) is 68.3 Å². The maximum atomic E-state index is 14.4. The fraction of sp³-hybridized carbons (Fsp3) is 0.371. The second-order valence-corrected chi connectivity index (χ2v) is 12.6. The number of nitrogens with one attached hydrogen (secondary N) is 2. The number of carbonyl (C=O) groups is 3. The molecule has 0 unspecified atom stereocenters. The summed E-state index contributed by atoms with van der Waals surface area (Å²) in [5.74, 6) is -0.436. The minimum absolute atomic E-state index is 0.131. The average molecular weight is 643 g/mol. The summed E-state index contributed by atoms with van der Waals surface area (Å²) < 4.78 is 1.62. The molecular formula is C35H42N6O4S. The number of aliphatic hydroxyl groups excluding tert-OH is 1. The van der Waals surface area contributed by atoms with Crippen molar-refractivity contribution in [2.75, 3.05) is 30.3 Å². The molecule has 0 spiro atoms. The van der Waals surface area contributed by atoms with Crippen molar-refractivity contribution in [2.45, 2.75) is 65.5 Å². The van der Waals surface area contributed by atoms with Gasteiger partial charge in [-0.25, -0.2) is 9.48 Å². The van der Waals surface area contributed by atoms with Crippen molar-refractivity contribution in [2.24, 2.45) is 0 Å². The lowest BCUT2D eigenvalue weighted by molar-refractivity contribution is 0.0544. The van der Waals surface area contributed by atoms with E-state index in [1.54, 1.807) is 39.9 Å². The second-order valence-electron chi connectivity index (χ2n) is 11.6. The maximum absolute atomic E-state index is 14.4. The molecule has 10 nitrogen and oxygen atoms in total. The number of rotatable bonds is 12. The number of urea groups is 1. The molecule has 11 heteroatoms. The van der Waals surface area contributed by atoms with Crippen molar-refractivity contribution < 1.29 is 19.5 Å². The molecule has 2 aromatic carbocycles. The summed E-state index contributed by atoms with van der Waals surface area (Å²) in [5.41, 5.74) is 4.34. The van der Waals surface area contributed by atoms with Gasteiger partial charge in [0.1, 0.15) is 0 Å². The number of anilines is 2. The number of aryl methyl sites for hydroxylation is 1. The Morgan fingerprint density at radius 2 is 1.72 bits per heavy atom. The van der Waals surface area contributed by atoms with Gasteiger partial charge in [0.25, 0.3) is 11.8 Å². The van der Waals surface area contributed by atoms with Gasteiger partial charge in [-0.3, -0.25) is 14.9 Å². The number of benzene rings is 2. The third kappa shape index (κ3) is 7.48. The minimum atomic E-state index is -0.434. The van der Waals surface area contributed by atoms with Crippen molar-refractivity contribution in [3.63, 3.8) is 0 Å². The molecule has 46 heavy (non-hydrogen) atoms. The summed E-state index contributed by atoms with van der Waals surface area (Å²) in [6, 6.07) is 17.6. The molecule has 5 rings (SSSR count). The molecule has 0 bridgehead atoms. The quantitative estimate of drug-likeness (QED) is 0.163. The number of unbranched alkanes of at least 4 members (excludes halogenated alkanes) is 2. The number of fused-ring (bicyclic) bond motifs is 1. The van der Waals surface area contributed by atoms with Gasteiger partial charge in [0.05, 0.1) is 28.9 Å². The van der Waals surface area contributed by atoms with Crippen LogP contribution in [0.4, 0.5) is 15.5 Å². The summed E-state index contributed by atoms with van der Waals surface area (Å²) in [6.07, 6.45) is 4.31. The third-order valence-electron chi connectivity index (χ3n) is 8.25. The SMILES string of the molecule is CCCCN(CCCC)C(=O)c1cc(C)n(-c2ccc(NC(=O)Nc3cccs3)cc2C(=O)N2Cc3ccccc3C[C@H]2CO)n1. The highest BCUT2D eigenvalue weighted by atomic mass is 32.1. The predicted molar refractivity (Wildman–Crippen MR) is 182 cm³/mol. The smallest absolute Gasteiger partial charge is 0.324 e. The zero-order valence-electron chi connectivity index (χ0n) is 26.7. The van der Waals surface area contributed by atoms with Crippen molar-refractivity contribution in [1.82, 2.24) is 19.6 Å². The lowest BCUT2D eigenvalue weighted by Crippen LogP contribution is -2.46. The summed E-state index contributed by atoms with van der Waals surface area (Å²) >= 11 is 1.40. The standard InChI is InChI=1S/C35H42N6O4S/c1-4-6-16-39(17-7-5-2)34(44)30-19-24(3)41(38-30)31-15-14-27(36-35(45)37-32-13-10-18-46-32)21-29(31)33(43)40-22-26-12-9-8-11-25(26)20-28(40)23-42/h8-15,18-19,21,28,42H,4-7,16-17,20,22-23H2,1-3H3,(H2,36,37,45)/t28-/m0/s1. The van der Waals surface area contributed by atoms with Crippen LogP contribution in [0, 0.1) is 6.92 Å². The van der Waals surface area contributed by atoms with Gasteiger partial charge in [0.2, 0.25) is 0 Å². The van der Waals surface area contributed by atoms with Crippen LogP contribution in [0.1, 0.15) is 77.2 Å². The van der Waals surface area contributed by atoms with Crippen molar-refractivity contribution >= 4 is 39.9 Å². The average Bonchev–Trinajstić information content (AvgIpc) is 3.72. The molecule has 4 amide bonds. The van der Waals surface area contributed by atoms with Crippen LogP contribution in [0.3, 0.4) is 0 Å². The van der Waals surface area contributed by atoms with E-state index in [-0.39, 0.29) is 18.4 Å². The summed E-state index contributed by atoms with van der Waals surface area (Å²) in [6.45, 7) is 7.53. The molecule has 1 aliphatic rings. The first kappa shape index (κ1) is 32.9. The van der Waals surface area contributed by atoms with Crippen LogP contribution in [0.15, 0.2) is 66.0 Å². The molecule has 1 aliphatic heterocycles.